The van der Waals surface area contributed by atoms with E-state index in [2.05, 4.69) is 32.7 Å². The molecule has 2 aromatic heterocycles. The summed E-state index contributed by atoms with van der Waals surface area (Å²) in [5.41, 5.74) is 1.48. The van der Waals surface area contributed by atoms with Crippen molar-refractivity contribution < 1.29 is 4.79 Å². The topological polar surface area (TPSA) is 79.8 Å². The second-order valence-electron chi connectivity index (χ2n) is 4.54. The lowest BCUT2D eigenvalue weighted by Gasteiger charge is -2.07. The highest BCUT2D eigenvalue weighted by molar-refractivity contribution is 7.15. The number of rotatable bonds is 6. The van der Waals surface area contributed by atoms with E-state index in [1.165, 1.54) is 11.3 Å². The summed E-state index contributed by atoms with van der Waals surface area (Å²) in [5, 5.41) is 15.1. The number of carbonyl (C=O) groups is 1. The van der Waals surface area contributed by atoms with E-state index in [-0.39, 0.29) is 5.91 Å². The van der Waals surface area contributed by atoms with Gasteiger partial charge in [0.15, 0.2) is 0 Å². The minimum absolute atomic E-state index is 0.190. The van der Waals surface area contributed by atoms with E-state index in [0.29, 0.717) is 16.5 Å². The molecule has 0 saturated heterocycles. The fourth-order valence-electron chi connectivity index (χ4n) is 1.85. The lowest BCUT2D eigenvalue weighted by atomic mass is 10.1. The van der Waals surface area contributed by atoms with Crippen LogP contribution in [0.4, 0.5) is 10.9 Å². The highest BCUT2D eigenvalue weighted by Gasteiger charge is 2.12. The number of nitrogens with one attached hydrogen (secondary N) is 2. The molecule has 2 aromatic rings. The van der Waals surface area contributed by atoms with Crippen LogP contribution in [0.15, 0.2) is 12.1 Å². The average Bonchev–Trinajstić information content (AvgIpc) is 2.94. The van der Waals surface area contributed by atoms with E-state index in [9.17, 15) is 4.79 Å². The average molecular weight is 305 g/mol. The fraction of sp³-hybridized carbons (Fsp3) is 0.429. The summed E-state index contributed by atoms with van der Waals surface area (Å²) in [6, 6.07) is 3.55. The van der Waals surface area contributed by atoms with Crippen molar-refractivity contribution in [2.45, 2.75) is 33.1 Å². The first kappa shape index (κ1) is 15.4. The standard InChI is InChI=1S/C14H19N5OS/c1-4-6-10-7-9(8-11(15-3)16-10)13(20)17-14-19-18-12(5-2)21-14/h7-8H,4-6H2,1-3H3,(H,15,16)(H,17,19,20). The van der Waals surface area contributed by atoms with Crippen molar-refractivity contribution in [3.8, 4) is 0 Å². The Bertz CT molecular complexity index is 626. The molecule has 0 aliphatic heterocycles. The molecule has 0 atom stereocenters. The molecule has 0 saturated carbocycles. The van der Waals surface area contributed by atoms with E-state index in [4.69, 9.17) is 0 Å². The smallest absolute Gasteiger partial charge is 0.257 e. The van der Waals surface area contributed by atoms with Crippen molar-refractivity contribution in [1.29, 1.82) is 0 Å². The minimum Gasteiger partial charge on any atom is -0.373 e. The number of hydrogen-bond donors (Lipinski definition) is 2. The van der Waals surface area contributed by atoms with Crippen LogP contribution in [0.1, 0.15) is 41.3 Å². The maximum atomic E-state index is 12.3. The third kappa shape index (κ3) is 3.98. The Labute approximate surface area is 128 Å². The monoisotopic (exact) mass is 305 g/mol. The Hall–Kier alpha value is -2.02. The maximum absolute atomic E-state index is 12.3. The van der Waals surface area contributed by atoms with Crippen LogP contribution in [0.25, 0.3) is 0 Å². The first-order chi connectivity index (χ1) is 10.2. The van der Waals surface area contributed by atoms with Gasteiger partial charge in [0.1, 0.15) is 10.8 Å². The summed E-state index contributed by atoms with van der Waals surface area (Å²) >= 11 is 1.39. The van der Waals surface area contributed by atoms with Gasteiger partial charge in [-0.25, -0.2) is 4.98 Å². The first-order valence-electron chi connectivity index (χ1n) is 6.98. The second-order valence-corrected chi connectivity index (χ2v) is 5.60. The van der Waals surface area contributed by atoms with Gasteiger partial charge in [-0.05, 0) is 25.0 Å². The molecule has 1 amide bonds. The van der Waals surface area contributed by atoms with Crippen molar-refractivity contribution >= 4 is 28.2 Å². The van der Waals surface area contributed by atoms with Gasteiger partial charge in [0.2, 0.25) is 5.13 Å². The molecule has 112 valence electrons. The summed E-state index contributed by atoms with van der Waals surface area (Å²) in [4.78, 5) is 16.7. The van der Waals surface area contributed by atoms with Gasteiger partial charge in [-0.2, -0.15) is 0 Å². The second kappa shape index (κ2) is 7.12. The van der Waals surface area contributed by atoms with E-state index in [1.54, 1.807) is 13.1 Å². The third-order valence-corrected chi connectivity index (χ3v) is 3.88. The van der Waals surface area contributed by atoms with Crippen molar-refractivity contribution in [3.05, 3.63) is 28.4 Å². The number of anilines is 2. The fourth-order valence-corrected chi connectivity index (χ4v) is 2.52. The quantitative estimate of drug-likeness (QED) is 0.858. The van der Waals surface area contributed by atoms with E-state index >= 15 is 0 Å². The number of carbonyl (C=O) groups excluding carboxylic acids is 1. The van der Waals surface area contributed by atoms with Crippen LogP contribution >= 0.6 is 11.3 Å². The van der Waals surface area contributed by atoms with Gasteiger partial charge in [-0.15, -0.1) is 10.2 Å². The number of aryl methyl sites for hydroxylation is 2. The lowest BCUT2D eigenvalue weighted by molar-refractivity contribution is 0.102. The van der Waals surface area contributed by atoms with Crippen molar-refractivity contribution in [3.63, 3.8) is 0 Å². The van der Waals surface area contributed by atoms with E-state index in [1.807, 2.05) is 13.0 Å². The van der Waals surface area contributed by atoms with E-state index in [0.717, 1.165) is 30.0 Å². The van der Waals surface area contributed by atoms with Gasteiger partial charge in [-0.3, -0.25) is 10.1 Å². The zero-order valence-electron chi connectivity index (χ0n) is 12.4. The Morgan fingerprint density at radius 3 is 2.71 bits per heavy atom. The van der Waals surface area contributed by atoms with Crippen LogP contribution in [0.2, 0.25) is 0 Å². The summed E-state index contributed by atoms with van der Waals surface area (Å²) in [6.45, 7) is 4.09. The van der Waals surface area contributed by atoms with Gasteiger partial charge in [0.05, 0.1) is 0 Å². The van der Waals surface area contributed by atoms with Crippen LogP contribution in [-0.2, 0) is 12.8 Å². The molecule has 0 aliphatic rings. The van der Waals surface area contributed by atoms with Crippen LogP contribution in [0.3, 0.4) is 0 Å². The maximum Gasteiger partial charge on any atom is 0.257 e. The van der Waals surface area contributed by atoms with E-state index < -0.39 is 0 Å². The van der Waals surface area contributed by atoms with Crippen LogP contribution in [0.5, 0.6) is 0 Å². The summed E-state index contributed by atoms with van der Waals surface area (Å²) in [5.74, 6) is 0.502. The highest BCUT2D eigenvalue weighted by atomic mass is 32.1. The van der Waals surface area contributed by atoms with Gasteiger partial charge in [-0.1, -0.05) is 31.6 Å². The number of amides is 1. The molecule has 0 spiro atoms. The normalized spacial score (nSPS) is 10.4. The SMILES string of the molecule is CCCc1cc(C(=O)Nc2nnc(CC)s2)cc(NC)n1. The molecule has 0 radical (unpaired) electrons. The molecule has 0 unspecified atom stereocenters. The molecule has 2 rings (SSSR count). The molecule has 0 bridgehead atoms. The van der Waals surface area contributed by atoms with Crippen LogP contribution in [-0.4, -0.2) is 28.1 Å². The largest absolute Gasteiger partial charge is 0.373 e. The Morgan fingerprint density at radius 1 is 1.29 bits per heavy atom. The molecular formula is C14H19N5OS. The molecule has 2 N–H and O–H groups in total. The zero-order chi connectivity index (χ0) is 15.2. The van der Waals surface area contributed by atoms with Crippen LogP contribution < -0.4 is 10.6 Å². The zero-order valence-corrected chi connectivity index (χ0v) is 13.3. The van der Waals surface area contributed by atoms with Crippen molar-refractivity contribution in [1.82, 2.24) is 15.2 Å². The summed E-state index contributed by atoms with van der Waals surface area (Å²) < 4.78 is 0. The molecule has 0 aromatic carbocycles. The molecule has 21 heavy (non-hydrogen) atoms. The lowest BCUT2D eigenvalue weighted by Crippen LogP contribution is -2.13. The Morgan fingerprint density at radius 2 is 2.10 bits per heavy atom. The summed E-state index contributed by atoms with van der Waals surface area (Å²) in [6.07, 6.45) is 2.64. The number of hydrogen-bond acceptors (Lipinski definition) is 6. The number of pyridine rings is 1. The van der Waals surface area contributed by atoms with Gasteiger partial charge in [0.25, 0.3) is 5.91 Å². The molecule has 2 heterocycles. The molecule has 7 heteroatoms. The van der Waals surface area contributed by atoms with Crippen molar-refractivity contribution in [2.24, 2.45) is 0 Å². The molecule has 0 fully saturated rings. The number of nitrogens with zero attached hydrogens (tertiary/aromatic N) is 3. The minimum atomic E-state index is -0.190. The molecule has 0 aliphatic carbocycles. The molecule has 6 nitrogen and oxygen atoms in total. The van der Waals surface area contributed by atoms with Gasteiger partial charge < -0.3 is 5.32 Å². The van der Waals surface area contributed by atoms with Gasteiger partial charge in [0, 0.05) is 18.3 Å². The predicted octanol–water partition coefficient (Wildman–Crippen LogP) is 2.74. The highest BCUT2D eigenvalue weighted by Crippen LogP contribution is 2.18. The third-order valence-electron chi connectivity index (χ3n) is 2.89. The van der Waals surface area contributed by atoms with Crippen LogP contribution in [0, 0.1) is 0 Å². The van der Waals surface area contributed by atoms with Crippen molar-refractivity contribution in [2.75, 3.05) is 17.7 Å². The summed E-state index contributed by atoms with van der Waals surface area (Å²) in [7, 11) is 1.79. The predicted molar refractivity (Wildman–Crippen MR) is 85.0 cm³/mol. The molecular weight excluding hydrogens is 286 g/mol. The Kier molecular flexibility index (Phi) is 5.21. The number of aromatic nitrogens is 3. The van der Waals surface area contributed by atoms with Gasteiger partial charge >= 0.3 is 0 Å². The first-order valence-corrected chi connectivity index (χ1v) is 7.80. The Balaban J connectivity index is 2.19.